The van der Waals surface area contributed by atoms with Crippen molar-refractivity contribution in [3.8, 4) is 0 Å². The van der Waals surface area contributed by atoms with Crippen LogP contribution in [-0.4, -0.2) is 48.1 Å². The number of benzene rings is 1. The number of rotatable bonds is 8. The summed E-state index contributed by atoms with van der Waals surface area (Å²) < 4.78 is 0. The second-order valence-electron chi connectivity index (χ2n) is 7.37. The predicted octanol–water partition coefficient (Wildman–Crippen LogP) is 2.67. The van der Waals surface area contributed by atoms with E-state index in [0.717, 1.165) is 11.4 Å². The van der Waals surface area contributed by atoms with Crippen molar-refractivity contribution < 1.29 is 9.85 Å². The Hall–Kier alpha value is -2.38. The highest BCUT2D eigenvalue weighted by molar-refractivity contribution is 5.56. The van der Waals surface area contributed by atoms with E-state index < -0.39 is 11.1 Å². The molecule has 1 aromatic carbocycles. The van der Waals surface area contributed by atoms with Crippen LogP contribution in [0.5, 0.6) is 0 Å². The Morgan fingerprint density at radius 1 is 0.792 bits per heavy atom. The van der Waals surface area contributed by atoms with Gasteiger partial charge in [0.25, 0.3) is 0 Å². The number of hydrogen-bond acceptors (Lipinski definition) is 6. The molecule has 0 bridgehead atoms. The summed E-state index contributed by atoms with van der Waals surface area (Å²) in [5.41, 5.74) is -0.369. The van der Waals surface area contributed by atoms with E-state index in [2.05, 4.69) is 0 Å². The number of nitro groups is 2. The third-order valence-corrected chi connectivity index (χ3v) is 3.97. The molecule has 134 valence electrons. The van der Waals surface area contributed by atoms with Crippen LogP contribution in [0.4, 0.5) is 11.4 Å². The third-order valence-electron chi connectivity index (χ3n) is 3.97. The van der Waals surface area contributed by atoms with Crippen LogP contribution in [-0.2, 0) is 0 Å². The molecular formula is C16H26N4O4. The van der Waals surface area contributed by atoms with Crippen LogP contribution >= 0.6 is 0 Å². The molecule has 1 aromatic rings. The summed E-state index contributed by atoms with van der Waals surface area (Å²) in [6.07, 6.45) is 0. The van der Waals surface area contributed by atoms with E-state index in [1.807, 2.05) is 34.1 Å². The number of anilines is 2. The monoisotopic (exact) mass is 338 g/mol. The van der Waals surface area contributed by atoms with Gasteiger partial charge in [0.2, 0.25) is 11.1 Å². The molecule has 0 atom stereocenters. The zero-order valence-electron chi connectivity index (χ0n) is 15.1. The van der Waals surface area contributed by atoms with Gasteiger partial charge in [-0.05, 0) is 24.3 Å². The van der Waals surface area contributed by atoms with Gasteiger partial charge in [0.15, 0.2) is 0 Å². The average molecular weight is 338 g/mol. The molecule has 0 aliphatic heterocycles. The lowest BCUT2D eigenvalue weighted by molar-refractivity contribution is -0.557. The molecule has 0 fully saturated rings. The van der Waals surface area contributed by atoms with E-state index in [-0.39, 0.29) is 22.9 Å². The first-order chi connectivity index (χ1) is 10.9. The van der Waals surface area contributed by atoms with Gasteiger partial charge in [-0.3, -0.25) is 20.2 Å². The lowest BCUT2D eigenvalue weighted by Crippen LogP contribution is -2.43. The van der Waals surface area contributed by atoms with Crippen molar-refractivity contribution in [2.24, 2.45) is 0 Å². The van der Waals surface area contributed by atoms with Crippen molar-refractivity contribution in [3.05, 3.63) is 44.5 Å². The quantitative estimate of drug-likeness (QED) is 0.534. The van der Waals surface area contributed by atoms with Crippen molar-refractivity contribution in [2.45, 2.75) is 38.8 Å². The largest absolute Gasteiger partial charge is 0.367 e. The standard InChI is InChI=1S/C16H26N4O4/c1-15(2,19(21)22)11-17(5)13-7-9-14(10-8-13)18(6)12-16(3,4)20(23)24/h7-10H,11-12H2,1-6H3. The van der Waals surface area contributed by atoms with Crippen LogP contribution in [0.3, 0.4) is 0 Å². The van der Waals surface area contributed by atoms with E-state index in [9.17, 15) is 20.2 Å². The van der Waals surface area contributed by atoms with E-state index >= 15 is 0 Å². The Kier molecular flexibility index (Phi) is 5.75. The van der Waals surface area contributed by atoms with Crippen molar-refractivity contribution in [1.29, 1.82) is 0 Å². The molecule has 0 aromatic heterocycles. The summed E-state index contributed by atoms with van der Waals surface area (Å²) in [6, 6.07) is 7.45. The Morgan fingerprint density at radius 2 is 1.04 bits per heavy atom. The molecule has 0 spiro atoms. The van der Waals surface area contributed by atoms with Crippen molar-refractivity contribution in [3.63, 3.8) is 0 Å². The predicted molar refractivity (Wildman–Crippen MR) is 95.1 cm³/mol. The molecule has 0 heterocycles. The number of nitrogens with zero attached hydrogens (tertiary/aromatic N) is 4. The minimum atomic E-state index is -1.04. The maximum atomic E-state index is 11.0. The number of likely N-dealkylation sites (N-methyl/N-ethyl adjacent to an activating group) is 2. The minimum Gasteiger partial charge on any atom is -0.367 e. The molecular weight excluding hydrogens is 312 g/mol. The summed E-state index contributed by atoms with van der Waals surface area (Å²) in [5.74, 6) is 0. The molecule has 0 unspecified atom stereocenters. The second-order valence-corrected chi connectivity index (χ2v) is 7.37. The van der Waals surface area contributed by atoms with E-state index in [4.69, 9.17) is 0 Å². The van der Waals surface area contributed by atoms with Gasteiger partial charge < -0.3 is 9.80 Å². The van der Waals surface area contributed by atoms with Gasteiger partial charge in [0, 0.05) is 63.0 Å². The van der Waals surface area contributed by atoms with Crippen LogP contribution in [0.2, 0.25) is 0 Å². The van der Waals surface area contributed by atoms with Gasteiger partial charge in [0.1, 0.15) is 0 Å². The van der Waals surface area contributed by atoms with Crippen LogP contribution in [0.15, 0.2) is 24.3 Å². The van der Waals surface area contributed by atoms with E-state index in [1.165, 1.54) is 0 Å². The summed E-state index contributed by atoms with van der Waals surface area (Å²) >= 11 is 0. The first-order valence-corrected chi connectivity index (χ1v) is 7.68. The highest BCUT2D eigenvalue weighted by Gasteiger charge is 2.33. The molecule has 0 saturated carbocycles. The third kappa shape index (κ3) is 4.81. The molecule has 0 saturated heterocycles. The van der Waals surface area contributed by atoms with Crippen LogP contribution in [0.1, 0.15) is 27.7 Å². The molecule has 8 nitrogen and oxygen atoms in total. The molecule has 0 aliphatic rings. The maximum absolute atomic E-state index is 11.0. The lowest BCUT2D eigenvalue weighted by atomic mass is 10.1. The molecule has 0 amide bonds. The first kappa shape index (κ1) is 19.7. The number of hydrogen-bond donors (Lipinski definition) is 0. The molecule has 24 heavy (non-hydrogen) atoms. The highest BCUT2D eigenvalue weighted by Crippen LogP contribution is 2.23. The fraction of sp³-hybridized carbons (Fsp3) is 0.625. The summed E-state index contributed by atoms with van der Waals surface area (Å²) in [7, 11) is 3.61. The van der Waals surface area contributed by atoms with Crippen molar-refractivity contribution in [2.75, 3.05) is 37.0 Å². The van der Waals surface area contributed by atoms with Gasteiger partial charge in [-0.1, -0.05) is 0 Å². The fourth-order valence-corrected chi connectivity index (χ4v) is 2.42. The Balaban J connectivity index is 2.82. The van der Waals surface area contributed by atoms with Crippen molar-refractivity contribution in [1.82, 2.24) is 0 Å². The van der Waals surface area contributed by atoms with E-state index in [1.54, 1.807) is 41.8 Å². The summed E-state index contributed by atoms with van der Waals surface area (Å²) in [6.45, 7) is 6.92. The van der Waals surface area contributed by atoms with Crippen LogP contribution < -0.4 is 9.80 Å². The van der Waals surface area contributed by atoms with Crippen molar-refractivity contribution >= 4 is 11.4 Å². The smallest absolute Gasteiger partial charge is 0.233 e. The Labute approximate surface area is 142 Å². The molecule has 0 radical (unpaired) electrons. The summed E-state index contributed by atoms with van der Waals surface area (Å²) in [4.78, 5) is 25.2. The van der Waals surface area contributed by atoms with Crippen LogP contribution in [0, 0.1) is 20.2 Å². The van der Waals surface area contributed by atoms with E-state index in [0.29, 0.717) is 0 Å². The topological polar surface area (TPSA) is 92.8 Å². The van der Waals surface area contributed by atoms with Gasteiger partial charge in [-0.15, -0.1) is 0 Å². The van der Waals surface area contributed by atoms with Crippen LogP contribution in [0.25, 0.3) is 0 Å². The first-order valence-electron chi connectivity index (χ1n) is 7.68. The molecule has 8 heteroatoms. The normalized spacial score (nSPS) is 11.9. The Morgan fingerprint density at radius 3 is 1.25 bits per heavy atom. The average Bonchev–Trinajstić information content (AvgIpc) is 2.46. The zero-order valence-corrected chi connectivity index (χ0v) is 15.1. The Bertz CT molecular complexity index is 546. The molecule has 0 N–H and O–H groups in total. The highest BCUT2D eigenvalue weighted by atomic mass is 16.6. The maximum Gasteiger partial charge on any atom is 0.233 e. The minimum absolute atomic E-state index is 0.281. The fourth-order valence-electron chi connectivity index (χ4n) is 2.42. The zero-order chi connectivity index (χ0) is 18.7. The SMILES string of the molecule is CN(CC(C)(C)[N+](=O)[O-])c1ccc(N(C)CC(C)(C)[N+](=O)[O-])cc1. The molecule has 0 aliphatic carbocycles. The van der Waals surface area contributed by atoms with Gasteiger partial charge in [-0.2, -0.15) is 0 Å². The van der Waals surface area contributed by atoms with Gasteiger partial charge in [-0.25, -0.2) is 0 Å². The van der Waals surface area contributed by atoms with Gasteiger partial charge in [0.05, 0.1) is 13.1 Å². The lowest BCUT2D eigenvalue weighted by Gasteiger charge is -2.27. The second kappa shape index (κ2) is 7.02. The molecule has 1 rings (SSSR count). The van der Waals surface area contributed by atoms with Gasteiger partial charge >= 0.3 is 0 Å². The summed E-state index contributed by atoms with van der Waals surface area (Å²) in [5, 5.41) is 22.1.